The lowest BCUT2D eigenvalue weighted by atomic mass is 10.2. The van der Waals surface area contributed by atoms with Crippen LogP contribution in [0.1, 0.15) is 5.56 Å². The van der Waals surface area contributed by atoms with Gasteiger partial charge < -0.3 is 14.5 Å². The molecule has 2 aromatic carbocycles. The number of esters is 1. The predicted octanol–water partition coefficient (Wildman–Crippen LogP) is 2.90. The highest BCUT2D eigenvalue weighted by Crippen LogP contribution is 2.23. The van der Waals surface area contributed by atoms with Crippen LogP contribution in [-0.2, 0) is 20.9 Å². The standard InChI is InChI=1S/C19H15BrFN3O5/c1-11-2-7-15(14(20)8-11)22-16(25)10-28-17(26)9-24-19(27)29-18(23-24)12-3-5-13(21)6-4-12/h2-8H,9-10H2,1H3,(H,22,25). The lowest BCUT2D eigenvalue weighted by Crippen LogP contribution is -2.26. The first-order valence-corrected chi connectivity index (χ1v) is 9.16. The molecule has 0 atom stereocenters. The first-order valence-electron chi connectivity index (χ1n) is 8.37. The Morgan fingerprint density at radius 1 is 1.24 bits per heavy atom. The van der Waals surface area contributed by atoms with E-state index in [0.29, 0.717) is 15.7 Å². The molecule has 0 fully saturated rings. The number of hydrogen-bond donors (Lipinski definition) is 1. The smallest absolute Gasteiger partial charge is 0.437 e. The molecule has 0 saturated carbocycles. The van der Waals surface area contributed by atoms with Gasteiger partial charge in [0.1, 0.15) is 12.4 Å². The lowest BCUT2D eigenvalue weighted by Gasteiger charge is -2.08. The van der Waals surface area contributed by atoms with Crippen molar-refractivity contribution in [2.24, 2.45) is 0 Å². The van der Waals surface area contributed by atoms with Crippen molar-refractivity contribution < 1.29 is 23.1 Å². The van der Waals surface area contributed by atoms with Gasteiger partial charge in [0.25, 0.3) is 5.91 Å². The van der Waals surface area contributed by atoms with Crippen LogP contribution >= 0.6 is 15.9 Å². The molecule has 0 radical (unpaired) electrons. The molecule has 0 aliphatic carbocycles. The number of ether oxygens (including phenoxy) is 1. The van der Waals surface area contributed by atoms with Crippen molar-refractivity contribution in [3.05, 3.63) is 68.9 Å². The third kappa shape index (κ3) is 5.38. The van der Waals surface area contributed by atoms with Gasteiger partial charge in [0.2, 0.25) is 5.89 Å². The molecule has 1 amide bonds. The van der Waals surface area contributed by atoms with Gasteiger partial charge in [0, 0.05) is 10.0 Å². The Hall–Kier alpha value is -3.27. The van der Waals surface area contributed by atoms with Gasteiger partial charge in [-0.05, 0) is 64.8 Å². The van der Waals surface area contributed by atoms with Crippen LogP contribution in [0.5, 0.6) is 0 Å². The van der Waals surface area contributed by atoms with Crippen molar-refractivity contribution in [3.8, 4) is 11.5 Å². The number of halogens is 2. The Morgan fingerprint density at radius 2 is 1.97 bits per heavy atom. The van der Waals surface area contributed by atoms with Crippen molar-refractivity contribution in [2.45, 2.75) is 13.5 Å². The van der Waals surface area contributed by atoms with E-state index < -0.39 is 36.6 Å². The Balaban J connectivity index is 1.56. The maximum absolute atomic E-state index is 13.0. The molecule has 8 nitrogen and oxygen atoms in total. The number of aryl methyl sites for hydroxylation is 1. The maximum atomic E-state index is 13.0. The molecule has 1 heterocycles. The Morgan fingerprint density at radius 3 is 2.66 bits per heavy atom. The van der Waals surface area contributed by atoms with Crippen LogP contribution in [0.25, 0.3) is 11.5 Å². The van der Waals surface area contributed by atoms with Crippen molar-refractivity contribution in [3.63, 3.8) is 0 Å². The first kappa shape index (κ1) is 20.5. The van der Waals surface area contributed by atoms with Gasteiger partial charge in [-0.1, -0.05) is 6.07 Å². The van der Waals surface area contributed by atoms with Crippen LogP contribution in [-0.4, -0.2) is 28.3 Å². The Labute approximate surface area is 172 Å². The molecule has 0 saturated heterocycles. The van der Waals surface area contributed by atoms with E-state index in [1.165, 1.54) is 24.3 Å². The predicted molar refractivity (Wildman–Crippen MR) is 105 cm³/mol. The van der Waals surface area contributed by atoms with Gasteiger partial charge in [-0.2, -0.15) is 4.68 Å². The van der Waals surface area contributed by atoms with Crippen LogP contribution in [0.15, 0.2) is 56.1 Å². The monoisotopic (exact) mass is 463 g/mol. The second-order valence-corrected chi connectivity index (χ2v) is 6.88. The number of amides is 1. The number of hydrogen-bond acceptors (Lipinski definition) is 6. The normalized spacial score (nSPS) is 10.6. The van der Waals surface area contributed by atoms with Crippen LogP contribution in [0.3, 0.4) is 0 Å². The largest absolute Gasteiger partial charge is 0.454 e. The van der Waals surface area contributed by atoms with Gasteiger partial charge in [-0.15, -0.1) is 5.10 Å². The van der Waals surface area contributed by atoms with Crippen molar-refractivity contribution in [2.75, 3.05) is 11.9 Å². The van der Waals surface area contributed by atoms with Crippen molar-refractivity contribution in [1.82, 2.24) is 9.78 Å². The van der Waals surface area contributed by atoms with E-state index in [2.05, 4.69) is 26.3 Å². The molecule has 0 unspecified atom stereocenters. The summed E-state index contributed by atoms with van der Waals surface area (Å²) >= 11 is 3.33. The molecule has 150 valence electrons. The Kier molecular flexibility index (Phi) is 6.23. The molecular formula is C19H15BrFN3O5. The van der Waals surface area contributed by atoms with Gasteiger partial charge >= 0.3 is 11.7 Å². The third-order valence-corrected chi connectivity index (χ3v) is 4.40. The minimum absolute atomic E-state index is 0.0650. The molecule has 29 heavy (non-hydrogen) atoms. The molecule has 3 aromatic rings. The molecule has 3 rings (SSSR count). The van der Waals surface area contributed by atoms with Crippen LogP contribution in [0, 0.1) is 12.7 Å². The highest BCUT2D eigenvalue weighted by atomic mass is 79.9. The van der Waals surface area contributed by atoms with E-state index >= 15 is 0 Å². The average Bonchev–Trinajstić information content (AvgIpc) is 3.03. The highest BCUT2D eigenvalue weighted by Gasteiger charge is 2.15. The van der Waals surface area contributed by atoms with Gasteiger partial charge in [-0.25, -0.2) is 9.18 Å². The summed E-state index contributed by atoms with van der Waals surface area (Å²) in [5.41, 5.74) is 1.92. The molecule has 0 aliphatic rings. The topological polar surface area (TPSA) is 103 Å². The fourth-order valence-corrected chi connectivity index (χ4v) is 2.93. The van der Waals surface area contributed by atoms with Gasteiger partial charge in [-0.3, -0.25) is 9.59 Å². The van der Waals surface area contributed by atoms with E-state index in [-0.39, 0.29) is 5.89 Å². The second-order valence-electron chi connectivity index (χ2n) is 6.03. The van der Waals surface area contributed by atoms with E-state index in [1.807, 2.05) is 19.1 Å². The SMILES string of the molecule is Cc1ccc(NC(=O)COC(=O)Cn2nc(-c3ccc(F)cc3)oc2=O)c(Br)c1. The summed E-state index contributed by atoms with van der Waals surface area (Å²) in [5.74, 6) is -2.78. The molecule has 1 aromatic heterocycles. The van der Waals surface area contributed by atoms with Crippen LogP contribution in [0.2, 0.25) is 0 Å². The van der Waals surface area contributed by atoms with Gasteiger partial charge in [0.15, 0.2) is 6.61 Å². The number of rotatable bonds is 6. The van der Waals surface area contributed by atoms with E-state index in [9.17, 15) is 18.8 Å². The van der Waals surface area contributed by atoms with Crippen molar-refractivity contribution in [1.29, 1.82) is 0 Å². The number of aromatic nitrogens is 2. The number of anilines is 1. The zero-order valence-corrected chi connectivity index (χ0v) is 16.7. The second kappa shape index (κ2) is 8.82. The van der Waals surface area contributed by atoms with Crippen molar-refractivity contribution >= 4 is 33.5 Å². The summed E-state index contributed by atoms with van der Waals surface area (Å²) in [6.45, 7) is 0.840. The minimum Gasteiger partial charge on any atom is -0.454 e. The summed E-state index contributed by atoms with van der Waals surface area (Å²) in [6, 6.07) is 10.5. The summed E-state index contributed by atoms with van der Waals surface area (Å²) in [7, 11) is 0. The average molecular weight is 464 g/mol. The fraction of sp³-hybridized carbons (Fsp3) is 0.158. The summed E-state index contributed by atoms with van der Waals surface area (Å²) < 4.78 is 24.2. The number of carbonyl (C=O) groups is 2. The number of benzene rings is 2. The van der Waals surface area contributed by atoms with E-state index in [0.717, 1.165) is 10.2 Å². The third-order valence-electron chi connectivity index (χ3n) is 3.74. The number of nitrogens with zero attached hydrogens (tertiary/aromatic N) is 2. The molecular weight excluding hydrogens is 449 g/mol. The summed E-state index contributed by atoms with van der Waals surface area (Å²) in [4.78, 5) is 35.7. The highest BCUT2D eigenvalue weighted by molar-refractivity contribution is 9.10. The summed E-state index contributed by atoms with van der Waals surface area (Å²) in [5, 5.41) is 6.47. The van der Waals surface area contributed by atoms with Crippen LogP contribution in [0.4, 0.5) is 10.1 Å². The summed E-state index contributed by atoms with van der Waals surface area (Å²) in [6.07, 6.45) is 0. The Bertz CT molecular complexity index is 1110. The van der Waals surface area contributed by atoms with Crippen LogP contribution < -0.4 is 11.1 Å². The van der Waals surface area contributed by atoms with Gasteiger partial charge in [0.05, 0.1) is 5.69 Å². The lowest BCUT2D eigenvalue weighted by molar-refractivity contribution is -0.148. The maximum Gasteiger partial charge on any atom is 0.437 e. The fourth-order valence-electron chi connectivity index (χ4n) is 2.34. The quantitative estimate of drug-likeness (QED) is 0.563. The zero-order valence-electron chi connectivity index (χ0n) is 15.1. The molecule has 10 heteroatoms. The molecule has 1 N–H and O–H groups in total. The van der Waals surface area contributed by atoms with E-state index in [4.69, 9.17) is 9.15 Å². The zero-order chi connectivity index (χ0) is 21.0. The molecule has 0 bridgehead atoms. The first-order chi connectivity index (χ1) is 13.8. The molecule has 0 aliphatic heterocycles. The molecule has 0 spiro atoms. The number of nitrogens with one attached hydrogen (secondary N) is 1. The van der Waals surface area contributed by atoms with E-state index in [1.54, 1.807) is 6.07 Å². The number of carbonyl (C=O) groups excluding carboxylic acids is 2. The minimum atomic E-state index is -0.880.